The second-order valence-electron chi connectivity index (χ2n) is 5.10. The Kier molecular flexibility index (Phi) is 3.56. The summed E-state index contributed by atoms with van der Waals surface area (Å²) in [5.74, 6) is 0. The van der Waals surface area contributed by atoms with Crippen molar-refractivity contribution < 1.29 is 5.11 Å². The van der Waals surface area contributed by atoms with Crippen LogP contribution in [0.2, 0.25) is 0 Å². The number of benzene rings is 1. The number of rotatable bonds is 3. The first kappa shape index (κ1) is 12.3. The van der Waals surface area contributed by atoms with Crippen LogP contribution in [0, 0.1) is 19.3 Å². The first-order valence-electron chi connectivity index (χ1n) is 5.63. The van der Waals surface area contributed by atoms with E-state index in [-0.39, 0.29) is 11.5 Å². The molecule has 1 atom stereocenters. The monoisotopic (exact) mass is 206 g/mol. The second kappa shape index (κ2) is 4.36. The lowest BCUT2D eigenvalue weighted by molar-refractivity contribution is 0.0460. The van der Waals surface area contributed by atoms with Crippen molar-refractivity contribution in [3.63, 3.8) is 0 Å². The third-order valence-electron chi connectivity index (χ3n) is 3.38. The van der Waals surface area contributed by atoms with Gasteiger partial charge in [-0.3, -0.25) is 0 Å². The molecular weight excluding hydrogens is 184 g/mol. The Morgan fingerprint density at radius 1 is 1.27 bits per heavy atom. The summed E-state index contributed by atoms with van der Waals surface area (Å²) in [5, 5.41) is 10.4. The van der Waals surface area contributed by atoms with E-state index in [1.165, 1.54) is 11.1 Å². The van der Waals surface area contributed by atoms with Gasteiger partial charge in [-0.1, -0.05) is 44.5 Å². The van der Waals surface area contributed by atoms with E-state index in [1.807, 2.05) is 0 Å². The number of hydrogen-bond acceptors (Lipinski definition) is 1. The van der Waals surface area contributed by atoms with Gasteiger partial charge in [-0.2, -0.15) is 0 Å². The molecule has 0 saturated heterocycles. The maximum atomic E-state index is 10.4. The van der Waals surface area contributed by atoms with Gasteiger partial charge in [0.15, 0.2) is 0 Å². The average molecular weight is 206 g/mol. The zero-order valence-electron chi connectivity index (χ0n) is 10.5. The van der Waals surface area contributed by atoms with Crippen LogP contribution in [0.4, 0.5) is 0 Å². The van der Waals surface area contributed by atoms with E-state index in [1.54, 1.807) is 0 Å². The Morgan fingerprint density at radius 3 is 2.40 bits per heavy atom. The van der Waals surface area contributed by atoms with Gasteiger partial charge in [-0.25, -0.2) is 0 Å². The summed E-state index contributed by atoms with van der Waals surface area (Å²) < 4.78 is 0. The van der Waals surface area contributed by atoms with Crippen LogP contribution in [0.25, 0.3) is 0 Å². The van der Waals surface area contributed by atoms with E-state index in [0.29, 0.717) is 0 Å². The van der Waals surface area contributed by atoms with E-state index in [2.05, 4.69) is 52.8 Å². The van der Waals surface area contributed by atoms with Crippen molar-refractivity contribution in [2.45, 2.75) is 47.1 Å². The summed E-state index contributed by atoms with van der Waals surface area (Å²) in [6.07, 6.45) is 0.601. The van der Waals surface area contributed by atoms with Gasteiger partial charge in [0.1, 0.15) is 0 Å². The molecule has 1 aromatic carbocycles. The second-order valence-corrected chi connectivity index (χ2v) is 5.10. The molecule has 1 unspecified atom stereocenters. The summed E-state index contributed by atoms with van der Waals surface area (Å²) >= 11 is 0. The van der Waals surface area contributed by atoms with Gasteiger partial charge in [-0.15, -0.1) is 0 Å². The zero-order valence-corrected chi connectivity index (χ0v) is 10.5. The fraction of sp³-hybridized carbons (Fsp3) is 0.571. The molecule has 1 nitrogen and oxygen atoms in total. The third-order valence-corrected chi connectivity index (χ3v) is 3.38. The normalized spacial score (nSPS) is 14.0. The Labute approximate surface area is 93.1 Å². The predicted octanol–water partition coefficient (Wildman–Crippen LogP) is 3.77. The van der Waals surface area contributed by atoms with Crippen molar-refractivity contribution in [2.24, 2.45) is 5.41 Å². The maximum absolute atomic E-state index is 10.4. The highest BCUT2D eigenvalue weighted by atomic mass is 16.3. The SMILES string of the molecule is CCC(C)(C)C(O)c1cc(C)ccc1C. The Morgan fingerprint density at radius 2 is 1.87 bits per heavy atom. The van der Waals surface area contributed by atoms with Crippen LogP contribution in [0.1, 0.15) is 50.0 Å². The van der Waals surface area contributed by atoms with Crippen LogP contribution in [0.5, 0.6) is 0 Å². The van der Waals surface area contributed by atoms with E-state index < -0.39 is 0 Å². The molecule has 0 aromatic heterocycles. The summed E-state index contributed by atoms with van der Waals surface area (Å²) in [6.45, 7) is 10.5. The lowest BCUT2D eigenvalue weighted by atomic mass is 9.79. The standard InChI is InChI=1S/C14H22O/c1-6-14(4,5)13(15)12-9-10(2)7-8-11(12)3/h7-9,13,15H,6H2,1-5H3. The third kappa shape index (κ3) is 2.60. The van der Waals surface area contributed by atoms with Gasteiger partial charge in [0.25, 0.3) is 0 Å². The molecule has 0 aliphatic rings. The van der Waals surface area contributed by atoms with Crippen LogP contribution >= 0.6 is 0 Å². The quantitative estimate of drug-likeness (QED) is 0.798. The maximum Gasteiger partial charge on any atom is 0.0843 e. The van der Waals surface area contributed by atoms with E-state index in [0.717, 1.165) is 12.0 Å². The molecule has 0 heterocycles. The summed E-state index contributed by atoms with van der Waals surface area (Å²) in [5.41, 5.74) is 3.40. The summed E-state index contributed by atoms with van der Waals surface area (Å²) in [6, 6.07) is 6.27. The number of aryl methyl sites for hydroxylation is 2. The molecular formula is C14H22O. The van der Waals surface area contributed by atoms with E-state index >= 15 is 0 Å². The molecule has 1 aromatic rings. The molecule has 1 rings (SSSR count). The van der Waals surface area contributed by atoms with Crippen LogP contribution in [-0.4, -0.2) is 5.11 Å². The van der Waals surface area contributed by atoms with Gasteiger partial charge in [-0.05, 0) is 36.8 Å². The van der Waals surface area contributed by atoms with Crippen molar-refractivity contribution in [1.29, 1.82) is 0 Å². The predicted molar refractivity (Wildman–Crippen MR) is 64.9 cm³/mol. The van der Waals surface area contributed by atoms with E-state index in [4.69, 9.17) is 0 Å². The zero-order chi connectivity index (χ0) is 11.6. The molecule has 0 amide bonds. The van der Waals surface area contributed by atoms with Crippen molar-refractivity contribution in [3.05, 3.63) is 34.9 Å². The molecule has 0 aliphatic heterocycles. The minimum absolute atomic E-state index is 0.0570. The van der Waals surface area contributed by atoms with Gasteiger partial charge in [0.05, 0.1) is 6.10 Å². The van der Waals surface area contributed by atoms with Crippen molar-refractivity contribution in [3.8, 4) is 0 Å². The fourth-order valence-corrected chi connectivity index (χ4v) is 1.67. The topological polar surface area (TPSA) is 20.2 Å². The van der Waals surface area contributed by atoms with Gasteiger partial charge >= 0.3 is 0 Å². The molecule has 1 N–H and O–H groups in total. The molecule has 0 spiro atoms. The lowest BCUT2D eigenvalue weighted by Crippen LogP contribution is -2.21. The molecule has 1 heteroatoms. The first-order chi connectivity index (χ1) is 6.88. The molecule has 0 aliphatic carbocycles. The number of hydrogen-bond donors (Lipinski definition) is 1. The summed E-state index contributed by atoms with van der Waals surface area (Å²) in [4.78, 5) is 0. The minimum atomic E-state index is -0.373. The number of aliphatic hydroxyl groups is 1. The highest BCUT2D eigenvalue weighted by molar-refractivity contribution is 5.33. The van der Waals surface area contributed by atoms with Crippen molar-refractivity contribution >= 4 is 0 Å². The lowest BCUT2D eigenvalue weighted by Gasteiger charge is -2.30. The molecule has 0 bridgehead atoms. The van der Waals surface area contributed by atoms with Crippen LogP contribution in [0.3, 0.4) is 0 Å². The van der Waals surface area contributed by atoms with Gasteiger partial charge in [0.2, 0.25) is 0 Å². The molecule has 0 radical (unpaired) electrons. The Balaban J connectivity index is 3.10. The number of aliphatic hydroxyl groups excluding tert-OH is 1. The minimum Gasteiger partial charge on any atom is -0.388 e. The highest BCUT2D eigenvalue weighted by Gasteiger charge is 2.28. The molecule has 15 heavy (non-hydrogen) atoms. The van der Waals surface area contributed by atoms with Crippen LogP contribution < -0.4 is 0 Å². The smallest absolute Gasteiger partial charge is 0.0843 e. The molecule has 0 fully saturated rings. The van der Waals surface area contributed by atoms with Crippen molar-refractivity contribution in [2.75, 3.05) is 0 Å². The van der Waals surface area contributed by atoms with Gasteiger partial charge in [0, 0.05) is 0 Å². The Bertz CT molecular complexity index is 339. The molecule has 0 saturated carbocycles. The Hall–Kier alpha value is -0.820. The average Bonchev–Trinajstić information content (AvgIpc) is 2.20. The highest BCUT2D eigenvalue weighted by Crippen LogP contribution is 2.37. The van der Waals surface area contributed by atoms with Crippen LogP contribution in [-0.2, 0) is 0 Å². The largest absolute Gasteiger partial charge is 0.388 e. The summed E-state index contributed by atoms with van der Waals surface area (Å²) in [7, 11) is 0. The van der Waals surface area contributed by atoms with E-state index in [9.17, 15) is 5.11 Å². The first-order valence-corrected chi connectivity index (χ1v) is 5.63. The molecule has 84 valence electrons. The van der Waals surface area contributed by atoms with Crippen LogP contribution in [0.15, 0.2) is 18.2 Å². The van der Waals surface area contributed by atoms with Crippen molar-refractivity contribution in [1.82, 2.24) is 0 Å². The fourth-order valence-electron chi connectivity index (χ4n) is 1.67. The van der Waals surface area contributed by atoms with Gasteiger partial charge < -0.3 is 5.11 Å².